The Morgan fingerprint density at radius 2 is 2.12 bits per heavy atom. The number of benzene rings is 2. The van der Waals surface area contributed by atoms with E-state index >= 15 is 0 Å². The van der Waals surface area contributed by atoms with E-state index in [4.69, 9.17) is 16.3 Å². The molecule has 4 aromatic rings. The van der Waals surface area contributed by atoms with E-state index in [0.29, 0.717) is 41.7 Å². The molecule has 1 N–H and O–H groups in total. The van der Waals surface area contributed by atoms with Gasteiger partial charge in [0.05, 0.1) is 26.7 Å². The fourth-order valence-corrected chi connectivity index (χ4v) is 4.72. The van der Waals surface area contributed by atoms with Gasteiger partial charge in [0.1, 0.15) is 30.7 Å². The first-order valence-electron chi connectivity index (χ1n) is 10.6. The van der Waals surface area contributed by atoms with Crippen molar-refractivity contribution in [2.75, 3.05) is 18.4 Å². The zero-order valence-corrected chi connectivity index (χ0v) is 19.5. The number of ether oxygens (including phenoxy) is 1. The van der Waals surface area contributed by atoms with Gasteiger partial charge in [0.15, 0.2) is 5.82 Å². The molecule has 0 aliphatic carbocycles. The van der Waals surface area contributed by atoms with Crippen LogP contribution in [-0.2, 0) is 6.61 Å². The Labute approximate surface area is 204 Å². The molecule has 0 radical (unpaired) electrons. The normalized spacial score (nSPS) is 15.3. The maximum Gasteiger partial charge on any atom is 0.151 e. The number of alkyl halides is 1. The number of thiophene rings is 1. The largest absolute Gasteiger partial charge is 0.487 e. The molecule has 1 aliphatic heterocycles. The number of likely N-dealkylation sites (tertiary alicyclic amines) is 1. The number of rotatable bonds is 5. The Hall–Kier alpha value is -3.41. The van der Waals surface area contributed by atoms with Gasteiger partial charge in [-0.15, -0.1) is 11.3 Å². The fraction of sp³-hybridized carbons (Fsp3) is 0.200. The van der Waals surface area contributed by atoms with Crippen LogP contribution in [0.4, 0.5) is 20.3 Å². The third-order valence-electron chi connectivity index (χ3n) is 5.26. The molecule has 5 rings (SSSR count). The Kier molecular flexibility index (Phi) is 6.48. The minimum atomic E-state index is -0.802. The fourth-order valence-electron chi connectivity index (χ4n) is 3.58. The van der Waals surface area contributed by atoms with Crippen LogP contribution in [0.1, 0.15) is 16.9 Å². The smallest absolute Gasteiger partial charge is 0.151 e. The van der Waals surface area contributed by atoms with Crippen molar-refractivity contribution in [3.8, 4) is 17.7 Å². The molecule has 1 fully saturated rings. The second-order valence-electron chi connectivity index (χ2n) is 7.80. The highest BCUT2D eigenvalue weighted by Gasteiger charge is 2.19. The van der Waals surface area contributed by atoms with Crippen LogP contribution in [0.3, 0.4) is 0 Å². The van der Waals surface area contributed by atoms with Crippen LogP contribution in [0.2, 0.25) is 5.02 Å². The van der Waals surface area contributed by atoms with Gasteiger partial charge in [0, 0.05) is 18.3 Å². The number of aromatic nitrogens is 2. The number of hydrogen-bond acceptors (Lipinski definition) is 6. The van der Waals surface area contributed by atoms with Crippen molar-refractivity contribution < 1.29 is 13.5 Å². The number of halogens is 3. The summed E-state index contributed by atoms with van der Waals surface area (Å²) in [5.74, 6) is 3.93. The molecule has 0 saturated carbocycles. The molecule has 9 heteroatoms. The van der Waals surface area contributed by atoms with Gasteiger partial charge in [0.2, 0.25) is 0 Å². The molecule has 0 amide bonds. The highest BCUT2D eigenvalue weighted by atomic mass is 35.5. The summed E-state index contributed by atoms with van der Waals surface area (Å²) in [6.45, 7) is 1.21. The van der Waals surface area contributed by atoms with E-state index in [0.717, 1.165) is 20.8 Å². The predicted molar refractivity (Wildman–Crippen MR) is 131 cm³/mol. The topological polar surface area (TPSA) is 50.3 Å². The number of nitrogens with one attached hydrogen (secondary N) is 1. The molecular formula is C25H19ClF2N4OS. The third kappa shape index (κ3) is 5.22. The van der Waals surface area contributed by atoms with E-state index < -0.39 is 6.17 Å². The van der Waals surface area contributed by atoms with E-state index in [9.17, 15) is 8.78 Å². The highest BCUT2D eigenvalue weighted by Crippen LogP contribution is 2.33. The quantitative estimate of drug-likeness (QED) is 0.335. The summed E-state index contributed by atoms with van der Waals surface area (Å²) in [4.78, 5) is 11.3. The summed E-state index contributed by atoms with van der Waals surface area (Å²) in [5, 5.41) is 3.69. The van der Waals surface area contributed by atoms with Crippen molar-refractivity contribution >= 4 is 44.7 Å². The molecule has 34 heavy (non-hydrogen) atoms. The molecule has 5 nitrogen and oxygen atoms in total. The molecular weight excluding hydrogens is 478 g/mol. The lowest BCUT2D eigenvalue weighted by Crippen LogP contribution is -2.14. The molecule has 2 aromatic carbocycles. The summed E-state index contributed by atoms with van der Waals surface area (Å²) >= 11 is 7.88. The summed E-state index contributed by atoms with van der Waals surface area (Å²) in [5.41, 5.74) is 2.22. The van der Waals surface area contributed by atoms with E-state index in [2.05, 4.69) is 27.2 Å². The lowest BCUT2D eigenvalue weighted by molar-refractivity contribution is 0.306. The van der Waals surface area contributed by atoms with Crippen molar-refractivity contribution in [1.82, 2.24) is 14.9 Å². The number of hydrogen-bond donors (Lipinski definition) is 1. The van der Waals surface area contributed by atoms with Crippen LogP contribution in [0.25, 0.3) is 10.2 Å². The Morgan fingerprint density at radius 1 is 1.21 bits per heavy atom. The van der Waals surface area contributed by atoms with Crippen LogP contribution in [0.15, 0.2) is 54.9 Å². The van der Waals surface area contributed by atoms with Crippen molar-refractivity contribution in [3.63, 3.8) is 0 Å². The standard InChI is InChI=1S/C25H19ClF2N4OS/c26-21-11-19(4-5-23(21)33-14-16-2-1-3-17(27)10-16)31-25-24-22(29-15-30-25)12-20(34-24)7-9-32-8-6-18(28)13-32/h1-5,10-12,15,18H,6,8,13-14H2,(H,29,30,31). The van der Waals surface area contributed by atoms with Gasteiger partial charge in [-0.05, 0) is 54.3 Å². The lowest BCUT2D eigenvalue weighted by Gasteiger charge is -2.11. The lowest BCUT2D eigenvalue weighted by atomic mass is 10.2. The van der Waals surface area contributed by atoms with Crippen LogP contribution < -0.4 is 10.1 Å². The predicted octanol–water partition coefficient (Wildman–Crippen LogP) is 6.16. The minimum Gasteiger partial charge on any atom is -0.487 e. The highest BCUT2D eigenvalue weighted by molar-refractivity contribution is 7.20. The minimum absolute atomic E-state index is 0.208. The van der Waals surface area contributed by atoms with Gasteiger partial charge in [-0.3, -0.25) is 0 Å². The maximum atomic E-state index is 13.4. The molecule has 2 aromatic heterocycles. The van der Waals surface area contributed by atoms with E-state index in [1.165, 1.54) is 29.8 Å². The zero-order valence-electron chi connectivity index (χ0n) is 17.9. The van der Waals surface area contributed by atoms with Gasteiger partial charge in [-0.1, -0.05) is 23.7 Å². The van der Waals surface area contributed by atoms with Gasteiger partial charge in [0.25, 0.3) is 0 Å². The van der Waals surface area contributed by atoms with Gasteiger partial charge >= 0.3 is 0 Å². The summed E-state index contributed by atoms with van der Waals surface area (Å²) in [6.07, 6.45) is 1.21. The van der Waals surface area contributed by atoms with Crippen molar-refractivity contribution in [2.24, 2.45) is 0 Å². The van der Waals surface area contributed by atoms with Gasteiger partial charge in [-0.25, -0.2) is 18.7 Å². The first-order chi connectivity index (χ1) is 16.5. The first kappa shape index (κ1) is 22.4. The van der Waals surface area contributed by atoms with Crippen LogP contribution in [0, 0.1) is 17.8 Å². The molecule has 0 spiro atoms. The number of nitrogens with zero attached hydrogens (tertiary/aromatic N) is 3. The van der Waals surface area contributed by atoms with E-state index in [1.54, 1.807) is 29.2 Å². The molecule has 1 unspecified atom stereocenters. The van der Waals surface area contributed by atoms with E-state index in [-0.39, 0.29) is 12.4 Å². The van der Waals surface area contributed by atoms with Crippen LogP contribution in [0.5, 0.6) is 5.75 Å². The molecule has 3 heterocycles. The van der Waals surface area contributed by atoms with Crippen LogP contribution in [-0.4, -0.2) is 34.1 Å². The molecule has 1 aliphatic rings. The second-order valence-corrected chi connectivity index (χ2v) is 9.26. The summed E-state index contributed by atoms with van der Waals surface area (Å²) in [7, 11) is 0. The van der Waals surface area contributed by atoms with Crippen molar-refractivity contribution in [3.05, 3.63) is 76.1 Å². The zero-order chi connectivity index (χ0) is 23.5. The van der Waals surface area contributed by atoms with Crippen LogP contribution >= 0.6 is 22.9 Å². The maximum absolute atomic E-state index is 13.4. The third-order valence-corrected chi connectivity index (χ3v) is 6.60. The molecule has 1 saturated heterocycles. The average molecular weight is 497 g/mol. The summed E-state index contributed by atoms with van der Waals surface area (Å²) in [6, 6.07) is 16.5. The van der Waals surface area contributed by atoms with Crippen molar-refractivity contribution in [1.29, 1.82) is 0 Å². The van der Waals surface area contributed by atoms with Gasteiger partial charge in [-0.2, -0.15) is 0 Å². The average Bonchev–Trinajstić information content (AvgIpc) is 3.43. The Bertz CT molecular complexity index is 1400. The Balaban J connectivity index is 1.30. The van der Waals surface area contributed by atoms with Gasteiger partial charge < -0.3 is 15.0 Å². The molecule has 172 valence electrons. The molecule has 0 bridgehead atoms. The molecule has 1 atom stereocenters. The monoisotopic (exact) mass is 496 g/mol. The Morgan fingerprint density at radius 3 is 2.91 bits per heavy atom. The van der Waals surface area contributed by atoms with Crippen molar-refractivity contribution in [2.45, 2.75) is 19.2 Å². The van der Waals surface area contributed by atoms with E-state index in [1.807, 2.05) is 12.1 Å². The summed E-state index contributed by atoms with van der Waals surface area (Å²) < 4.78 is 33.3. The SMILES string of the molecule is Fc1cccc(COc2ccc(Nc3ncnc4cc(C#CN5CCC(F)C5)sc34)cc2Cl)c1. The number of fused-ring (bicyclic) bond motifs is 1. The number of anilines is 2. The second kappa shape index (κ2) is 9.84. The first-order valence-corrected chi connectivity index (χ1v) is 11.8.